The van der Waals surface area contributed by atoms with Crippen molar-refractivity contribution in [3.8, 4) is 0 Å². The van der Waals surface area contributed by atoms with Crippen molar-refractivity contribution in [2.24, 2.45) is 5.73 Å². The predicted octanol–water partition coefficient (Wildman–Crippen LogP) is 2.23. The molecule has 2 aromatic rings. The number of amides is 1. The van der Waals surface area contributed by atoms with E-state index in [1.54, 1.807) is 30.5 Å². The molecule has 156 valence electrons. The van der Waals surface area contributed by atoms with E-state index in [0.29, 0.717) is 17.1 Å². The number of hydrogen-bond acceptors (Lipinski definition) is 6. The summed E-state index contributed by atoms with van der Waals surface area (Å²) in [5, 5.41) is 5.81. The number of pyridine rings is 1. The summed E-state index contributed by atoms with van der Waals surface area (Å²) in [6.45, 7) is 4.22. The average molecular weight is 450 g/mol. The van der Waals surface area contributed by atoms with Crippen LogP contribution in [0.5, 0.6) is 0 Å². The smallest absolute Gasteiger partial charge is 0.259 e. The highest BCUT2D eigenvalue weighted by Crippen LogP contribution is 2.18. The quantitative estimate of drug-likeness (QED) is 0.489. The first-order valence-corrected chi connectivity index (χ1v) is 9.64. The SMILES string of the molecule is CC(C)Nc1ncccc1C(=O)Nc1cccc(S(=O)(=O)NCCN)c1.Cl.Cl. The van der Waals surface area contributed by atoms with Crippen molar-refractivity contribution in [3.63, 3.8) is 0 Å². The molecule has 0 bridgehead atoms. The van der Waals surface area contributed by atoms with E-state index >= 15 is 0 Å². The highest BCUT2D eigenvalue weighted by molar-refractivity contribution is 7.89. The number of rotatable bonds is 8. The molecule has 2 rings (SSSR count). The Bertz CT molecular complexity index is 879. The summed E-state index contributed by atoms with van der Waals surface area (Å²) in [6, 6.07) is 9.44. The van der Waals surface area contributed by atoms with Gasteiger partial charge in [0.25, 0.3) is 5.91 Å². The van der Waals surface area contributed by atoms with Gasteiger partial charge in [-0.05, 0) is 44.2 Å². The molecule has 1 aromatic carbocycles. The highest BCUT2D eigenvalue weighted by Gasteiger charge is 2.16. The summed E-state index contributed by atoms with van der Waals surface area (Å²) >= 11 is 0. The molecule has 28 heavy (non-hydrogen) atoms. The number of anilines is 2. The number of nitrogens with two attached hydrogens (primary N) is 1. The van der Waals surface area contributed by atoms with Crippen molar-refractivity contribution in [1.82, 2.24) is 9.71 Å². The molecular formula is C17H25Cl2N5O3S. The molecule has 0 saturated carbocycles. The van der Waals surface area contributed by atoms with E-state index < -0.39 is 10.0 Å². The first kappa shape index (κ1) is 26.1. The summed E-state index contributed by atoms with van der Waals surface area (Å²) in [5.74, 6) is 0.0825. The van der Waals surface area contributed by atoms with Crippen molar-refractivity contribution < 1.29 is 13.2 Å². The third-order valence-corrected chi connectivity index (χ3v) is 4.78. The minimum Gasteiger partial charge on any atom is -0.367 e. The molecule has 1 amide bonds. The fraction of sp³-hybridized carbons (Fsp3) is 0.294. The lowest BCUT2D eigenvalue weighted by atomic mass is 10.2. The second kappa shape index (κ2) is 11.8. The molecule has 11 heteroatoms. The van der Waals surface area contributed by atoms with Crippen molar-refractivity contribution in [3.05, 3.63) is 48.2 Å². The summed E-state index contributed by atoms with van der Waals surface area (Å²) in [7, 11) is -3.68. The second-order valence-electron chi connectivity index (χ2n) is 5.87. The number of nitrogens with zero attached hydrogens (tertiary/aromatic N) is 1. The number of aromatic nitrogens is 1. The van der Waals surface area contributed by atoms with Gasteiger partial charge < -0.3 is 16.4 Å². The van der Waals surface area contributed by atoms with Crippen molar-refractivity contribution in [2.45, 2.75) is 24.8 Å². The van der Waals surface area contributed by atoms with E-state index in [4.69, 9.17) is 5.73 Å². The number of carbonyl (C=O) groups excluding carboxylic acids is 1. The van der Waals surface area contributed by atoms with Crippen LogP contribution in [0.4, 0.5) is 11.5 Å². The Morgan fingerprint density at radius 1 is 1.18 bits per heavy atom. The maximum atomic E-state index is 12.6. The van der Waals surface area contributed by atoms with Crippen LogP contribution in [0.2, 0.25) is 0 Å². The van der Waals surface area contributed by atoms with Gasteiger partial charge in [0.05, 0.1) is 10.5 Å². The summed E-state index contributed by atoms with van der Waals surface area (Å²) in [6.07, 6.45) is 1.60. The fourth-order valence-electron chi connectivity index (χ4n) is 2.19. The Balaban J connectivity index is 0.00000364. The molecule has 0 aliphatic heterocycles. The molecule has 0 radical (unpaired) electrons. The van der Waals surface area contributed by atoms with E-state index in [-0.39, 0.29) is 54.7 Å². The van der Waals surface area contributed by atoms with Gasteiger partial charge in [-0.1, -0.05) is 6.07 Å². The standard InChI is InChI=1S/C17H23N5O3S.2ClH/c1-12(2)21-16-15(7-4-9-19-16)17(23)22-13-5-3-6-14(11-13)26(24,25)20-10-8-18;;/h3-7,9,11-12,20H,8,10,18H2,1-2H3,(H,19,21)(H,22,23);2*1H. The van der Waals surface area contributed by atoms with E-state index in [1.807, 2.05) is 13.8 Å². The second-order valence-corrected chi connectivity index (χ2v) is 7.63. The first-order chi connectivity index (χ1) is 12.3. The van der Waals surface area contributed by atoms with Gasteiger partial charge in [0.1, 0.15) is 5.82 Å². The molecular weight excluding hydrogens is 425 g/mol. The topological polar surface area (TPSA) is 126 Å². The zero-order valence-electron chi connectivity index (χ0n) is 15.5. The number of carbonyl (C=O) groups is 1. The van der Waals surface area contributed by atoms with Crippen molar-refractivity contribution in [2.75, 3.05) is 23.7 Å². The van der Waals surface area contributed by atoms with Crippen LogP contribution < -0.4 is 21.1 Å². The van der Waals surface area contributed by atoms with Crippen LogP contribution in [0.3, 0.4) is 0 Å². The fourth-order valence-corrected chi connectivity index (χ4v) is 3.29. The molecule has 0 spiro atoms. The maximum Gasteiger partial charge on any atom is 0.259 e. The van der Waals surface area contributed by atoms with Gasteiger partial charge in [0, 0.05) is 31.0 Å². The number of halogens is 2. The summed E-state index contributed by atoms with van der Waals surface area (Å²) < 4.78 is 26.7. The Hall–Kier alpha value is -1.91. The Morgan fingerprint density at radius 3 is 2.54 bits per heavy atom. The predicted molar refractivity (Wildman–Crippen MR) is 116 cm³/mol. The van der Waals surface area contributed by atoms with Crippen LogP contribution in [0.1, 0.15) is 24.2 Å². The Kier molecular flexibility index (Phi) is 11.0. The molecule has 8 nitrogen and oxygen atoms in total. The number of sulfonamides is 1. The van der Waals surface area contributed by atoms with Crippen LogP contribution in [0.15, 0.2) is 47.5 Å². The van der Waals surface area contributed by atoms with Gasteiger partial charge >= 0.3 is 0 Å². The highest BCUT2D eigenvalue weighted by atomic mass is 35.5. The third-order valence-electron chi connectivity index (χ3n) is 3.32. The molecule has 0 fully saturated rings. The zero-order chi connectivity index (χ0) is 19.2. The molecule has 0 unspecified atom stereocenters. The molecule has 0 atom stereocenters. The molecule has 0 aliphatic carbocycles. The molecule has 5 N–H and O–H groups in total. The Labute approximate surface area is 177 Å². The summed E-state index contributed by atoms with van der Waals surface area (Å²) in [5.41, 5.74) is 6.06. The monoisotopic (exact) mass is 449 g/mol. The largest absolute Gasteiger partial charge is 0.367 e. The normalized spacial score (nSPS) is 10.6. The number of hydrogen-bond donors (Lipinski definition) is 4. The van der Waals surface area contributed by atoms with Crippen LogP contribution in [0, 0.1) is 0 Å². The van der Waals surface area contributed by atoms with Gasteiger partial charge in [-0.3, -0.25) is 4.79 Å². The minimum atomic E-state index is -3.68. The van der Waals surface area contributed by atoms with Gasteiger partial charge in [0.15, 0.2) is 0 Å². The molecule has 0 saturated heterocycles. The lowest BCUT2D eigenvalue weighted by molar-refractivity contribution is 0.102. The van der Waals surface area contributed by atoms with Gasteiger partial charge in [-0.15, -0.1) is 24.8 Å². The van der Waals surface area contributed by atoms with Crippen molar-refractivity contribution in [1.29, 1.82) is 0 Å². The van der Waals surface area contributed by atoms with Crippen LogP contribution in [-0.2, 0) is 10.0 Å². The van der Waals surface area contributed by atoms with Crippen LogP contribution >= 0.6 is 24.8 Å². The van der Waals surface area contributed by atoms with Gasteiger partial charge in [0.2, 0.25) is 10.0 Å². The van der Waals surface area contributed by atoms with E-state index in [9.17, 15) is 13.2 Å². The summed E-state index contributed by atoms with van der Waals surface area (Å²) in [4.78, 5) is 16.8. The number of benzene rings is 1. The molecule has 0 aliphatic rings. The van der Waals surface area contributed by atoms with E-state index in [1.165, 1.54) is 12.1 Å². The zero-order valence-corrected chi connectivity index (χ0v) is 18.0. The van der Waals surface area contributed by atoms with E-state index in [0.717, 1.165) is 0 Å². The lowest BCUT2D eigenvalue weighted by Crippen LogP contribution is -2.29. The lowest BCUT2D eigenvalue weighted by Gasteiger charge is -2.14. The minimum absolute atomic E-state index is 0. The maximum absolute atomic E-state index is 12.6. The van der Waals surface area contributed by atoms with Crippen molar-refractivity contribution >= 4 is 52.2 Å². The van der Waals surface area contributed by atoms with Crippen LogP contribution in [-0.4, -0.2) is 38.4 Å². The number of nitrogens with one attached hydrogen (secondary N) is 3. The third kappa shape index (κ3) is 7.25. The van der Waals surface area contributed by atoms with Gasteiger partial charge in [-0.2, -0.15) is 0 Å². The molecule has 1 aromatic heterocycles. The van der Waals surface area contributed by atoms with Crippen LogP contribution in [0.25, 0.3) is 0 Å². The average Bonchev–Trinajstić information content (AvgIpc) is 2.60. The molecule has 1 heterocycles. The van der Waals surface area contributed by atoms with Gasteiger partial charge in [-0.25, -0.2) is 18.1 Å². The first-order valence-electron chi connectivity index (χ1n) is 8.16. The van der Waals surface area contributed by atoms with E-state index in [2.05, 4.69) is 20.3 Å². The Morgan fingerprint density at radius 2 is 1.89 bits per heavy atom.